The summed E-state index contributed by atoms with van der Waals surface area (Å²) in [5.41, 5.74) is 1.64. The third-order valence-electron chi connectivity index (χ3n) is 6.39. The fourth-order valence-corrected chi connectivity index (χ4v) is 5.86. The molecular formula is C25H32N4O5S. The van der Waals surface area contributed by atoms with Crippen molar-refractivity contribution in [2.45, 2.75) is 18.4 Å². The highest BCUT2D eigenvalue weighted by atomic mass is 32.2. The number of ether oxygens (including phenoxy) is 1. The molecule has 2 aromatic carbocycles. The van der Waals surface area contributed by atoms with Gasteiger partial charge in [0.1, 0.15) is 0 Å². The zero-order valence-corrected chi connectivity index (χ0v) is 20.8. The van der Waals surface area contributed by atoms with E-state index < -0.39 is 10.0 Å². The van der Waals surface area contributed by atoms with Crippen LogP contribution in [0, 0.1) is 0 Å². The minimum Gasteiger partial charge on any atom is -0.450 e. The molecule has 35 heavy (non-hydrogen) atoms. The molecule has 10 heteroatoms. The van der Waals surface area contributed by atoms with E-state index in [1.807, 2.05) is 24.3 Å². The van der Waals surface area contributed by atoms with Crippen LogP contribution in [-0.4, -0.2) is 98.4 Å². The van der Waals surface area contributed by atoms with E-state index in [9.17, 15) is 18.0 Å². The average Bonchev–Trinajstić information content (AvgIpc) is 2.89. The Balaban J connectivity index is 1.31. The lowest BCUT2D eigenvalue weighted by Gasteiger charge is -2.34. The quantitative estimate of drug-likeness (QED) is 0.604. The van der Waals surface area contributed by atoms with Crippen LogP contribution >= 0.6 is 0 Å². The van der Waals surface area contributed by atoms with Crippen molar-refractivity contribution in [3.05, 3.63) is 65.7 Å². The molecule has 2 heterocycles. The Hall–Kier alpha value is -2.95. The molecular weight excluding hydrogens is 468 g/mol. The van der Waals surface area contributed by atoms with Crippen molar-refractivity contribution in [2.75, 3.05) is 59.0 Å². The summed E-state index contributed by atoms with van der Waals surface area (Å²) < 4.78 is 32.3. The summed E-state index contributed by atoms with van der Waals surface area (Å²) in [6.07, 6.45) is -0.335. The molecule has 0 radical (unpaired) electrons. The van der Waals surface area contributed by atoms with Crippen molar-refractivity contribution < 1.29 is 22.7 Å². The zero-order chi connectivity index (χ0) is 24.8. The van der Waals surface area contributed by atoms with Gasteiger partial charge < -0.3 is 14.5 Å². The van der Waals surface area contributed by atoms with Crippen LogP contribution in [0.1, 0.15) is 22.8 Å². The highest BCUT2D eigenvalue weighted by molar-refractivity contribution is 7.89. The number of hydrogen-bond acceptors (Lipinski definition) is 6. The first-order chi connectivity index (χ1) is 16.9. The number of hydrogen-bond donors (Lipinski definition) is 0. The van der Waals surface area contributed by atoms with Gasteiger partial charge in [-0.15, -0.1) is 0 Å². The maximum atomic E-state index is 13.0. The molecule has 2 aliphatic heterocycles. The molecule has 2 saturated heterocycles. The molecule has 2 amide bonds. The van der Waals surface area contributed by atoms with Gasteiger partial charge in [0.2, 0.25) is 10.0 Å². The van der Waals surface area contributed by atoms with Crippen molar-refractivity contribution in [1.82, 2.24) is 19.0 Å². The summed E-state index contributed by atoms with van der Waals surface area (Å²) >= 11 is 0. The second kappa shape index (κ2) is 11.2. The van der Waals surface area contributed by atoms with Gasteiger partial charge in [0.25, 0.3) is 5.91 Å². The standard InChI is InChI=1S/C25H32N4O5S/c1-2-34-25(31)28-15-13-27(14-16-28)24(30)22-8-6-7-21(19-22)20-26-11-17-29(18-12-26)35(32,33)23-9-4-3-5-10-23/h3-10,19H,2,11-18,20H2,1H3. The number of amides is 2. The van der Waals surface area contributed by atoms with E-state index in [4.69, 9.17) is 4.74 Å². The van der Waals surface area contributed by atoms with E-state index in [-0.39, 0.29) is 12.0 Å². The number of nitrogens with zero attached hydrogens (tertiary/aromatic N) is 4. The van der Waals surface area contributed by atoms with Crippen molar-refractivity contribution >= 4 is 22.0 Å². The van der Waals surface area contributed by atoms with Crippen LogP contribution < -0.4 is 0 Å². The zero-order valence-electron chi connectivity index (χ0n) is 20.0. The summed E-state index contributed by atoms with van der Waals surface area (Å²) in [6, 6.07) is 16.1. The molecule has 2 aliphatic rings. The Bertz CT molecular complexity index is 1130. The third-order valence-corrected chi connectivity index (χ3v) is 8.30. The Kier molecular flexibility index (Phi) is 8.04. The molecule has 188 valence electrons. The van der Waals surface area contributed by atoms with E-state index in [0.717, 1.165) is 5.56 Å². The van der Waals surface area contributed by atoms with Crippen molar-refractivity contribution in [2.24, 2.45) is 0 Å². The van der Waals surface area contributed by atoms with Crippen LogP contribution in [0.2, 0.25) is 0 Å². The van der Waals surface area contributed by atoms with Crippen LogP contribution in [0.3, 0.4) is 0 Å². The minimum atomic E-state index is -3.48. The van der Waals surface area contributed by atoms with Gasteiger partial charge in [0.15, 0.2) is 0 Å². The number of rotatable bonds is 6. The van der Waals surface area contributed by atoms with E-state index in [1.54, 1.807) is 47.1 Å². The SMILES string of the molecule is CCOC(=O)N1CCN(C(=O)c2cccc(CN3CCN(S(=O)(=O)c4ccccc4)CC3)c2)CC1. The van der Waals surface area contributed by atoms with Crippen LogP contribution in [0.25, 0.3) is 0 Å². The van der Waals surface area contributed by atoms with Crippen LogP contribution in [0.5, 0.6) is 0 Å². The highest BCUT2D eigenvalue weighted by Crippen LogP contribution is 2.19. The van der Waals surface area contributed by atoms with E-state index in [0.29, 0.717) is 76.0 Å². The Morgan fingerprint density at radius 3 is 2.14 bits per heavy atom. The van der Waals surface area contributed by atoms with E-state index in [2.05, 4.69) is 4.90 Å². The number of carbonyl (C=O) groups is 2. The smallest absolute Gasteiger partial charge is 0.409 e. The molecule has 0 unspecified atom stereocenters. The van der Waals surface area contributed by atoms with Gasteiger partial charge in [0.05, 0.1) is 11.5 Å². The number of carbonyl (C=O) groups excluding carboxylic acids is 2. The Morgan fingerprint density at radius 2 is 1.49 bits per heavy atom. The van der Waals surface area contributed by atoms with Crippen LogP contribution in [0.4, 0.5) is 4.79 Å². The summed E-state index contributed by atoms with van der Waals surface area (Å²) in [7, 11) is -3.48. The van der Waals surface area contributed by atoms with Crippen molar-refractivity contribution in [3.8, 4) is 0 Å². The molecule has 0 aromatic heterocycles. The summed E-state index contributed by atoms with van der Waals surface area (Å²) in [5, 5.41) is 0. The number of benzene rings is 2. The third kappa shape index (κ3) is 6.01. The molecule has 9 nitrogen and oxygen atoms in total. The monoisotopic (exact) mass is 500 g/mol. The lowest BCUT2D eigenvalue weighted by Crippen LogP contribution is -2.50. The first-order valence-electron chi connectivity index (χ1n) is 12.0. The number of sulfonamides is 1. The maximum absolute atomic E-state index is 13.0. The van der Waals surface area contributed by atoms with Crippen molar-refractivity contribution in [1.29, 1.82) is 0 Å². The predicted octanol–water partition coefficient (Wildman–Crippen LogP) is 2.11. The van der Waals surface area contributed by atoms with E-state index >= 15 is 0 Å². The summed E-state index contributed by atoms with van der Waals surface area (Å²) in [6.45, 7) is 6.73. The molecule has 0 spiro atoms. The normalized spacial score (nSPS) is 17.9. The second-order valence-corrected chi connectivity index (χ2v) is 10.6. The molecule has 0 aliphatic carbocycles. The minimum absolute atomic E-state index is 0.0471. The first kappa shape index (κ1) is 25.2. The fourth-order valence-electron chi connectivity index (χ4n) is 4.42. The fraction of sp³-hybridized carbons (Fsp3) is 0.440. The summed E-state index contributed by atoms with van der Waals surface area (Å²) in [4.78, 5) is 30.8. The molecule has 4 rings (SSSR count). The average molecular weight is 501 g/mol. The largest absolute Gasteiger partial charge is 0.450 e. The molecule has 0 N–H and O–H groups in total. The maximum Gasteiger partial charge on any atom is 0.409 e. The van der Waals surface area contributed by atoms with Gasteiger partial charge >= 0.3 is 6.09 Å². The molecule has 2 fully saturated rings. The predicted molar refractivity (Wildman–Crippen MR) is 131 cm³/mol. The van der Waals surface area contributed by atoms with Gasteiger partial charge in [0, 0.05) is 64.5 Å². The molecule has 0 atom stereocenters. The van der Waals surface area contributed by atoms with Gasteiger partial charge in [-0.1, -0.05) is 30.3 Å². The second-order valence-electron chi connectivity index (χ2n) is 8.67. The lowest BCUT2D eigenvalue weighted by molar-refractivity contribution is 0.0570. The first-order valence-corrected chi connectivity index (χ1v) is 13.4. The van der Waals surface area contributed by atoms with E-state index in [1.165, 1.54) is 4.31 Å². The lowest BCUT2D eigenvalue weighted by atomic mass is 10.1. The van der Waals surface area contributed by atoms with Crippen LogP contribution in [0.15, 0.2) is 59.5 Å². The number of piperazine rings is 2. The van der Waals surface area contributed by atoms with Crippen LogP contribution in [-0.2, 0) is 21.3 Å². The Morgan fingerprint density at radius 1 is 0.829 bits per heavy atom. The van der Waals surface area contributed by atoms with Gasteiger partial charge in [-0.2, -0.15) is 4.31 Å². The molecule has 2 aromatic rings. The topological polar surface area (TPSA) is 90.5 Å². The van der Waals surface area contributed by atoms with Crippen molar-refractivity contribution in [3.63, 3.8) is 0 Å². The molecule has 0 saturated carbocycles. The summed E-state index contributed by atoms with van der Waals surface area (Å²) in [5.74, 6) is -0.0471. The highest BCUT2D eigenvalue weighted by Gasteiger charge is 2.29. The van der Waals surface area contributed by atoms with Gasteiger partial charge in [-0.25, -0.2) is 13.2 Å². The Labute approximate surface area is 206 Å². The van der Waals surface area contributed by atoms with Gasteiger partial charge in [-0.3, -0.25) is 9.69 Å². The van der Waals surface area contributed by atoms with Gasteiger partial charge in [-0.05, 0) is 36.8 Å². The molecule has 0 bridgehead atoms.